The highest BCUT2D eigenvalue weighted by molar-refractivity contribution is 5.59. The van der Waals surface area contributed by atoms with Crippen LogP contribution in [0.25, 0.3) is 11.3 Å². The zero-order chi connectivity index (χ0) is 13.5. The quantitative estimate of drug-likeness (QED) is 0.835. The molecule has 0 fully saturated rings. The van der Waals surface area contributed by atoms with Gasteiger partial charge in [-0.2, -0.15) is 0 Å². The zero-order valence-electron chi connectivity index (χ0n) is 11.2. The molecule has 3 nitrogen and oxygen atoms in total. The molecule has 1 atom stereocenters. The number of nitrogens with one attached hydrogen (secondary N) is 1. The maximum absolute atomic E-state index is 8.88. The van der Waals surface area contributed by atoms with Crippen LogP contribution in [0.15, 0.2) is 48.7 Å². The molecule has 0 aliphatic carbocycles. The maximum Gasteiger partial charge on any atom is 0.0702 e. The second-order valence-corrected chi connectivity index (χ2v) is 4.71. The first-order valence-corrected chi connectivity index (χ1v) is 6.64. The van der Waals surface area contributed by atoms with Gasteiger partial charge in [0.15, 0.2) is 0 Å². The lowest BCUT2D eigenvalue weighted by molar-refractivity contribution is 0.268. The van der Waals surface area contributed by atoms with Crippen molar-refractivity contribution >= 4 is 0 Å². The summed E-state index contributed by atoms with van der Waals surface area (Å²) in [5.74, 6) is 0. The summed E-state index contributed by atoms with van der Waals surface area (Å²) in [7, 11) is 0. The van der Waals surface area contributed by atoms with Crippen molar-refractivity contribution in [1.29, 1.82) is 0 Å². The first-order valence-electron chi connectivity index (χ1n) is 6.64. The van der Waals surface area contributed by atoms with Gasteiger partial charge in [-0.05, 0) is 37.1 Å². The van der Waals surface area contributed by atoms with Crippen LogP contribution in [0.2, 0.25) is 0 Å². The predicted octanol–water partition coefficient (Wildman–Crippen LogP) is 2.61. The molecule has 1 aromatic carbocycles. The van der Waals surface area contributed by atoms with Crippen LogP contribution in [0.1, 0.15) is 18.9 Å². The summed E-state index contributed by atoms with van der Waals surface area (Å²) in [5.41, 5.74) is 3.36. The largest absolute Gasteiger partial charge is 0.396 e. The van der Waals surface area contributed by atoms with Crippen molar-refractivity contribution in [3.05, 3.63) is 54.2 Å². The lowest BCUT2D eigenvalue weighted by Crippen LogP contribution is -2.26. The van der Waals surface area contributed by atoms with Gasteiger partial charge in [0.05, 0.1) is 5.69 Å². The third-order valence-corrected chi connectivity index (χ3v) is 3.10. The molecule has 0 radical (unpaired) electrons. The van der Waals surface area contributed by atoms with E-state index in [1.165, 1.54) is 5.56 Å². The van der Waals surface area contributed by atoms with E-state index in [9.17, 15) is 0 Å². The van der Waals surface area contributed by atoms with Crippen LogP contribution in [0, 0.1) is 0 Å². The number of hydrogen-bond donors (Lipinski definition) is 2. The maximum atomic E-state index is 8.88. The number of rotatable bonds is 6. The molecule has 0 saturated heterocycles. The van der Waals surface area contributed by atoms with Crippen LogP contribution in [0.3, 0.4) is 0 Å². The molecule has 19 heavy (non-hydrogen) atoms. The van der Waals surface area contributed by atoms with Crippen molar-refractivity contribution < 1.29 is 5.11 Å². The summed E-state index contributed by atoms with van der Waals surface area (Å²) in [4.78, 5) is 4.36. The molecule has 2 aromatic rings. The number of aliphatic hydroxyl groups is 1. The SMILES string of the molecule is CC(CCO)NCc1cccc(-c2ccccn2)c1. The molecule has 3 heteroatoms. The van der Waals surface area contributed by atoms with E-state index < -0.39 is 0 Å². The van der Waals surface area contributed by atoms with Crippen molar-refractivity contribution in [2.24, 2.45) is 0 Å². The number of nitrogens with zero attached hydrogens (tertiary/aromatic N) is 1. The van der Waals surface area contributed by atoms with E-state index in [1.807, 2.05) is 24.4 Å². The normalized spacial score (nSPS) is 12.3. The summed E-state index contributed by atoms with van der Waals surface area (Å²) >= 11 is 0. The average Bonchev–Trinajstić information content (AvgIpc) is 2.47. The van der Waals surface area contributed by atoms with E-state index in [-0.39, 0.29) is 6.61 Å². The first-order chi connectivity index (χ1) is 9.29. The molecule has 1 heterocycles. The predicted molar refractivity (Wildman–Crippen MR) is 77.7 cm³/mol. The zero-order valence-corrected chi connectivity index (χ0v) is 11.2. The van der Waals surface area contributed by atoms with Gasteiger partial charge in [-0.25, -0.2) is 0 Å². The molecule has 0 spiro atoms. The Hall–Kier alpha value is -1.71. The molecular weight excluding hydrogens is 236 g/mol. The van der Waals surface area contributed by atoms with E-state index in [0.717, 1.165) is 24.2 Å². The second kappa shape index (κ2) is 7.02. The third-order valence-electron chi connectivity index (χ3n) is 3.10. The third kappa shape index (κ3) is 4.16. The van der Waals surface area contributed by atoms with E-state index in [0.29, 0.717) is 6.04 Å². The Bertz CT molecular complexity index is 499. The van der Waals surface area contributed by atoms with Crippen molar-refractivity contribution in [3.63, 3.8) is 0 Å². The molecule has 1 unspecified atom stereocenters. The van der Waals surface area contributed by atoms with Gasteiger partial charge < -0.3 is 10.4 Å². The van der Waals surface area contributed by atoms with Gasteiger partial charge in [-0.15, -0.1) is 0 Å². The van der Waals surface area contributed by atoms with Crippen LogP contribution >= 0.6 is 0 Å². The number of pyridine rings is 1. The summed E-state index contributed by atoms with van der Waals surface area (Å²) in [6.45, 7) is 3.11. The van der Waals surface area contributed by atoms with Crippen molar-refractivity contribution in [2.75, 3.05) is 6.61 Å². The number of aliphatic hydroxyl groups excluding tert-OH is 1. The molecule has 100 valence electrons. The summed E-state index contributed by atoms with van der Waals surface area (Å²) in [6, 6.07) is 14.6. The monoisotopic (exact) mass is 256 g/mol. The van der Waals surface area contributed by atoms with Crippen LogP contribution in [0.5, 0.6) is 0 Å². The molecule has 1 aromatic heterocycles. The van der Waals surface area contributed by atoms with Gasteiger partial charge in [0.2, 0.25) is 0 Å². The second-order valence-electron chi connectivity index (χ2n) is 4.71. The number of aromatic nitrogens is 1. The smallest absolute Gasteiger partial charge is 0.0702 e. The standard InChI is InChI=1S/C16H20N2O/c1-13(8-10-19)18-12-14-5-4-6-15(11-14)16-7-2-3-9-17-16/h2-7,9,11,13,18-19H,8,10,12H2,1H3. The summed E-state index contributed by atoms with van der Waals surface area (Å²) < 4.78 is 0. The Morgan fingerprint density at radius 3 is 2.84 bits per heavy atom. The molecule has 0 amide bonds. The van der Waals surface area contributed by atoms with E-state index >= 15 is 0 Å². The summed E-state index contributed by atoms with van der Waals surface area (Å²) in [6.07, 6.45) is 2.59. The Kier molecular flexibility index (Phi) is 5.07. The fourth-order valence-electron chi connectivity index (χ4n) is 1.96. The van der Waals surface area contributed by atoms with Gasteiger partial charge in [0.1, 0.15) is 0 Å². The van der Waals surface area contributed by atoms with Gasteiger partial charge in [0, 0.05) is 31.0 Å². The van der Waals surface area contributed by atoms with Crippen LogP contribution in [-0.2, 0) is 6.54 Å². The van der Waals surface area contributed by atoms with Crippen molar-refractivity contribution in [3.8, 4) is 11.3 Å². The molecule has 0 saturated carbocycles. The van der Waals surface area contributed by atoms with E-state index in [1.54, 1.807) is 0 Å². The minimum absolute atomic E-state index is 0.224. The molecule has 2 rings (SSSR count). The molecular formula is C16H20N2O. The van der Waals surface area contributed by atoms with Crippen LogP contribution < -0.4 is 5.32 Å². The van der Waals surface area contributed by atoms with Crippen molar-refractivity contribution in [1.82, 2.24) is 10.3 Å². The van der Waals surface area contributed by atoms with Gasteiger partial charge >= 0.3 is 0 Å². The first kappa shape index (κ1) is 13.7. The topological polar surface area (TPSA) is 45.1 Å². The van der Waals surface area contributed by atoms with Gasteiger partial charge in [0.25, 0.3) is 0 Å². The fourth-order valence-corrected chi connectivity index (χ4v) is 1.96. The Morgan fingerprint density at radius 2 is 2.11 bits per heavy atom. The Labute approximate surface area is 114 Å². The molecule has 0 aliphatic rings. The van der Waals surface area contributed by atoms with Crippen LogP contribution in [0.4, 0.5) is 0 Å². The number of benzene rings is 1. The van der Waals surface area contributed by atoms with Gasteiger partial charge in [-0.1, -0.05) is 24.3 Å². The number of hydrogen-bond acceptors (Lipinski definition) is 3. The highest BCUT2D eigenvalue weighted by atomic mass is 16.3. The lowest BCUT2D eigenvalue weighted by atomic mass is 10.1. The average molecular weight is 256 g/mol. The Balaban J connectivity index is 2.04. The van der Waals surface area contributed by atoms with E-state index in [2.05, 4.69) is 41.5 Å². The highest BCUT2D eigenvalue weighted by Crippen LogP contribution is 2.17. The minimum Gasteiger partial charge on any atom is -0.396 e. The minimum atomic E-state index is 0.224. The lowest BCUT2D eigenvalue weighted by Gasteiger charge is -2.12. The van der Waals surface area contributed by atoms with Crippen LogP contribution in [-0.4, -0.2) is 22.7 Å². The summed E-state index contributed by atoms with van der Waals surface area (Å²) in [5, 5.41) is 12.3. The molecule has 0 bridgehead atoms. The fraction of sp³-hybridized carbons (Fsp3) is 0.312. The molecule has 2 N–H and O–H groups in total. The Morgan fingerprint density at radius 1 is 1.21 bits per heavy atom. The van der Waals surface area contributed by atoms with E-state index in [4.69, 9.17) is 5.11 Å². The molecule has 0 aliphatic heterocycles. The highest BCUT2D eigenvalue weighted by Gasteiger charge is 2.02. The van der Waals surface area contributed by atoms with Crippen molar-refractivity contribution in [2.45, 2.75) is 25.9 Å². The van der Waals surface area contributed by atoms with Gasteiger partial charge in [-0.3, -0.25) is 4.98 Å².